The molecule has 2 aromatic heterocycles. The van der Waals surface area contributed by atoms with Gasteiger partial charge in [0.2, 0.25) is 5.91 Å². The molecule has 118 valence electrons. The number of aromatic nitrogens is 3. The Balaban J connectivity index is 1.89. The van der Waals surface area contributed by atoms with Gasteiger partial charge in [-0.05, 0) is 48.8 Å². The van der Waals surface area contributed by atoms with Crippen LogP contribution in [0.4, 0.5) is 10.1 Å². The Bertz CT molecular complexity index is 885. The van der Waals surface area contributed by atoms with Gasteiger partial charge in [-0.1, -0.05) is 12.1 Å². The lowest BCUT2D eigenvalue weighted by atomic mass is 10.2. The Hall–Kier alpha value is -2.32. The van der Waals surface area contributed by atoms with Crippen LogP contribution in [0.1, 0.15) is 13.0 Å². The van der Waals surface area contributed by atoms with E-state index in [0.29, 0.717) is 16.3 Å². The molecule has 3 aromatic rings. The van der Waals surface area contributed by atoms with Crippen molar-refractivity contribution in [1.29, 1.82) is 0 Å². The summed E-state index contributed by atoms with van der Waals surface area (Å²) in [7, 11) is 0. The van der Waals surface area contributed by atoms with Gasteiger partial charge in [0.25, 0.3) is 0 Å². The number of halogens is 1. The number of nitrogens with one attached hydrogen (secondary N) is 2. The smallest absolute Gasteiger partial charge is 0.247 e. The fourth-order valence-corrected chi connectivity index (χ4v) is 3.17. The Morgan fingerprint density at radius 3 is 2.96 bits per heavy atom. The van der Waals surface area contributed by atoms with E-state index in [1.165, 1.54) is 29.5 Å². The summed E-state index contributed by atoms with van der Waals surface area (Å²) in [5.74, 6) is -0.104. The van der Waals surface area contributed by atoms with Crippen molar-refractivity contribution in [3.05, 3.63) is 52.4 Å². The number of hydrogen-bond acceptors (Lipinski definition) is 4. The molecule has 0 aliphatic carbocycles. The van der Waals surface area contributed by atoms with Crippen LogP contribution in [-0.2, 0) is 4.79 Å². The highest BCUT2D eigenvalue weighted by molar-refractivity contribution is 7.71. The SMILES string of the molecule is CC(C(=O)Nc1cccc(F)c1)n1c(-c2cccs2)n[nH]c1=S. The summed E-state index contributed by atoms with van der Waals surface area (Å²) in [6, 6.07) is 8.96. The third-order valence-electron chi connectivity index (χ3n) is 3.30. The topological polar surface area (TPSA) is 62.7 Å². The van der Waals surface area contributed by atoms with E-state index in [-0.39, 0.29) is 5.91 Å². The normalized spacial score (nSPS) is 12.1. The molecule has 5 nitrogen and oxygen atoms in total. The zero-order valence-electron chi connectivity index (χ0n) is 12.1. The van der Waals surface area contributed by atoms with Crippen molar-refractivity contribution in [1.82, 2.24) is 14.8 Å². The highest BCUT2D eigenvalue weighted by Gasteiger charge is 2.21. The standard InChI is InChI=1S/C15H13FN4OS2/c1-9(14(21)17-11-5-2-4-10(16)8-11)20-13(18-19-15(20)22)12-6-3-7-23-12/h2-9H,1H3,(H,17,21)(H,19,22). The van der Waals surface area contributed by atoms with Crippen LogP contribution >= 0.6 is 23.6 Å². The molecule has 1 atom stereocenters. The van der Waals surface area contributed by atoms with Gasteiger partial charge in [-0.15, -0.1) is 11.3 Å². The summed E-state index contributed by atoms with van der Waals surface area (Å²) in [6.45, 7) is 1.72. The van der Waals surface area contributed by atoms with Crippen molar-refractivity contribution in [3.8, 4) is 10.7 Å². The molecule has 3 rings (SSSR count). The third-order valence-corrected chi connectivity index (χ3v) is 4.46. The second-order valence-corrected chi connectivity index (χ2v) is 6.21. The minimum absolute atomic E-state index is 0.300. The minimum Gasteiger partial charge on any atom is -0.324 e. The number of amides is 1. The summed E-state index contributed by atoms with van der Waals surface area (Å²) in [5, 5.41) is 11.5. The maximum absolute atomic E-state index is 13.2. The molecule has 0 radical (unpaired) electrons. The predicted molar refractivity (Wildman–Crippen MR) is 90.5 cm³/mol. The van der Waals surface area contributed by atoms with E-state index in [4.69, 9.17) is 12.2 Å². The fourth-order valence-electron chi connectivity index (χ4n) is 2.17. The first-order chi connectivity index (χ1) is 11.1. The van der Waals surface area contributed by atoms with Crippen molar-refractivity contribution in [2.45, 2.75) is 13.0 Å². The van der Waals surface area contributed by atoms with Crippen molar-refractivity contribution in [2.75, 3.05) is 5.32 Å². The lowest BCUT2D eigenvalue weighted by Gasteiger charge is -2.15. The molecule has 1 unspecified atom stereocenters. The lowest BCUT2D eigenvalue weighted by Crippen LogP contribution is -2.24. The average molecular weight is 348 g/mol. The van der Waals surface area contributed by atoms with E-state index < -0.39 is 11.9 Å². The van der Waals surface area contributed by atoms with E-state index in [2.05, 4.69) is 15.5 Å². The van der Waals surface area contributed by atoms with Crippen molar-refractivity contribution >= 4 is 35.1 Å². The quantitative estimate of drug-likeness (QED) is 0.700. The van der Waals surface area contributed by atoms with E-state index >= 15 is 0 Å². The van der Waals surface area contributed by atoms with Gasteiger partial charge >= 0.3 is 0 Å². The first kappa shape index (κ1) is 15.6. The van der Waals surface area contributed by atoms with Gasteiger partial charge in [0, 0.05) is 5.69 Å². The zero-order valence-corrected chi connectivity index (χ0v) is 13.7. The number of carbonyl (C=O) groups is 1. The predicted octanol–water partition coefficient (Wildman–Crippen LogP) is 4.01. The highest BCUT2D eigenvalue weighted by Crippen LogP contribution is 2.26. The molecule has 0 aliphatic rings. The van der Waals surface area contributed by atoms with Gasteiger partial charge in [0.1, 0.15) is 11.9 Å². The second-order valence-electron chi connectivity index (χ2n) is 4.88. The van der Waals surface area contributed by atoms with E-state index in [9.17, 15) is 9.18 Å². The molecular weight excluding hydrogens is 335 g/mol. The van der Waals surface area contributed by atoms with Gasteiger partial charge in [0.05, 0.1) is 4.88 Å². The zero-order chi connectivity index (χ0) is 16.4. The first-order valence-corrected chi connectivity index (χ1v) is 8.12. The summed E-state index contributed by atoms with van der Waals surface area (Å²) in [5.41, 5.74) is 0.398. The number of thiophene rings is 1. The maximum Gasteiger partial charge on any atom is 0.247 e. The van der Waals surface area contributed by atoms with Crippen molar-refractivity contribution in [2.24, 2.45) is 0 Å². The van der Waals surface area contributed by atoms with E-state index in [1.807, 2.05) is 17.5 Å². The Morgan fingerprint density at radius 2 is 2.26 bits per heavy atom. The summed E-state index contributed by atoms with van der Waals surface area (Å²) in [6.07, 6.45) is 0. The monoisotopic (exact) mass is 348 g/mol. The van der Waals surface area contributed by atoms with Crippen LogP contribution in [0.15, 0.2) is 41.8 Å². The number of benzene rings is 1. The largest absolute Gasteiger partial charge is 0.324 e. The lowest BCUT2D eigenvalue weighted by molar-refractivity contribution is -0.118. The van der Waals surface area contributed by atoms with Crippen LogP contribution in [0.25, 0.3) is 10.7 Å². The van der Waals surface area contributed by atoms with Crippen LogP contribution in [0.2, 0.25) is 0 Å². The molecule has 0 spiro atoms. The first-order valence-electron chi connectivity index (χ1n) is 6.83. The average Bonchev–Trinajstić information content (AvgIpc) is 3.15. The van der Waals surface area contributed by atoms with Crippen LogP contribution in [-0.4, -0.2) is 20.7 Å². The molecular formula is C15H13FN4OS2. The van der Waals surface area contributed by atoms with Crippen LogP contribution in [0.3, 0.4) is 0 Å². The molecule has 1 amide bonds. The number of rotatable bonds is 4. The van der Waals surface area contributed by atoms with Crippen molar-refractivity contribution < 1.29 is 9.18 Å². The number of nitrogens with zero attached hydrogens (tertiary/aromatic N) is 2. The summed E-state index contributed by atoms with van der Waals surface area (Å²) in [4.78, 5) is 13.4. The molecule has 0 aliphatic heterocycles. The van der Waals surface area contributed by atoms with Gasteiger partial charge < -0.3 is 5.32 Å². The third kappa shape index (κ3) is 3.22. The number of hydrogen-bond donors (Lipinski definition) is 2. The highest BCUT2D eigenvalue weighted by atomic mass is 32.1. The Kier molecular flexibility index (Phi) is 4.35. The fraction of sp³-hybridized carbons (Fsp3) is 0.133. The maximum atomic E-state index is 13.2. The van der Waals surface area contributed by atoms with Gasteiger partial charge in [-0.25, -0.2) is 4.39 Å². The van der Waals surface area contributed by atoms with Gasteiger partial charge in [-0.2, -0.15) is 5.10 Å². The van der Waals surface area contributed by atoms with Crippen LogP contribution < -0.4 is 5.32 Å². The van der Waals surface area contributed by atoms with Crippen molar-refractivity contribution in [3.63, 3.8) is 0 Å². The number of carbonyl (C=O) groups excluding carboxylic acids is 1. The molecule has 0 saturated heterocycles. The van der Waals surface area contributed by atoms with Crippen LogP contribution in [0.5, 0.6) is 0 Å². The molecule has 0 saturated carbocycles. The molecule has 2 heterocycles. The van der Waals surface area contributed by atoms with E-state index in [0.717, 1.165) is 4.88 Å². The number of anilines is 1. The molecule has 0 bridgehead atoms. The second kappa shape index (κ2) is 6.43. The molecule has 8 heteroatoms. The molecule has 0 fully saturated rings. The van der Waals surface area contributed by atoms with Crippen LogP contribution in [0, 0.1) is 10.6 Å². The summed E-state index contributed by atoms with van der Waals surface area (Å²) < 4.78 is 15.2. The van der Waals surface area contributed by atoms with E-state index in [1.54, 1.807) is 17.6 Å². The van der Waals surface area contributed by atoms with Gasteiger partial charge in [0.15, 0.2) is 10.6 Å². The Labute approximate surface area is 140 Å². The Morgan fingerprint density at radius 1 is 1.43 bits per heavy atom. The summed E-state index contributed by atoms with van der Waals surface area (Å²) >= 11 is 6.74. The van der Waals surface area contributed by atoms with Gasteiger partial charge in [-0.3, -0.25) is 14.5 Å². The molecule has 1 aromatic carbocycles. The minimum atomic E-state index is -0.596. The number of H-pyrrole nitrogens is 1. The molecule has 23 heavy (non-hydrogen) atoms. The number of aromatic amines is 1. The molecule has 2 N–H and O–H groups in total.